The zero-order chi connectivity index (χ0) is 15.5. The molecule has 2 aromatic rings. The van der Waals surface area contributed by atoms with Crippen molar-refractivity contribution in [2.45, 2.75) is 39.0 Å². The number of aromatic nitrogens is 3. The fourth-order valence-electron chi connectivity index (χ4n) is 2.50. The molecular formula is C16H22N4OS. The van der Waals surface area contributed by atoms with Gasteiger partial charge in [-0.3, -0.25) is 4.90 Å². The molecule has 0 amide bonds. The summed E-state index contributed by atoms with van der Waals surface area (Å²) in [5.74, 6) is 0.916. The molecule has 1 aromatic carbocycles. The van der Waals surface area contributed by atoms with Crippen LogP contribution in [0.15, 0.2) is 30.6 Å². The molecule has 1 fully saturated rings. The Labute approximate surface area is 136 Å². The van der Waals surface area contributed by atoms with Crippen molar-refractivity contribution >= 4 is 12.2 Å². The summed E-state index contributed by atoms with van der Waals surface area (Å²) in [6, 6.07) is 8.81. The van der Waals surface area contributed by atoms with Crippen molar-refractivity contribution in [2.75, 3.05) is 13.7 Å². The molecule has 0 atom stereocenters. The summed E-state index contributed by atoms with van der Waals surface area (Å²) in [4.78, 5) is 2.20. The maximum Gasteiger partial charge on any atom is 0.199 e. The van der Waals surface area contributed by atoms with Crippen LogP contribution >= 0.6 is 12.2 Å². The van der Waals surface area contributed by atoms with Gasteiger partial charge in [-0.2, -0.15) is 5.10 Å². The highest BCUT2D eigenvalue weighted by atomic mass is 32.1. The Morgan fingerprint density at radius 3 is 2.68 bits per heavy atom. The maximum absolute atomic E-state index is 5.49. The summed E-state index contributed by atoms with van der Waals surface area (Å²) in [5, 5.41) is 4.41. The van der Waals surface area contributed by atoms with Crippen molar-refractivity contribution in [3.8, 4) is 5.75 Å². The standard InChI is InChI=1S/C16H22N4OS/c1-3-21-15-8-4-13(5-9-15)10-18(2)12-20-16(22)19(11-17-20)14-6-7-14/h4-5,8-9,11,14H,3,6-7,10,12H2,1-2H3. The van der Waals surface area contributed by atoms with Gasteiger partial charge in [-0.25, -0.2) is 4.68 Å². The minimum Gasteiger partial charge on any atom is -0.494 e. The first-order valence-corrected chi connectivity index (χ1v) is 8.12. The first kappa shape index (κ1) is 15.2. The van der Waals surface area contributed by atoms with Crippen molar-refractivity contribution in [2.24, 2.45) is 0 Å². The van der Waals surface area contributed by atoms with Gasteiger partial charge in [-0.15, -0.1) is 0 Å². The van der Waals surface area contributed by atoms with Crippen LogP contribution in [0.25, 0.3) is 0 Å². The minimum atomic E-state index is 0.581. The van der Waals surface area contributed by atoms with E-state index >= 15 is 0 Å². The fraction of sp³-hybridized carbons (Fsp3) is 0.500. The SMILES string of the molecule is CCOc1ccc(CN(C)Cn2ncn(C3CC3)c2=S)cc1. The first-order valence-electron chi connectivity index (χ1n) is 7.71. The van der Waals surface area contributed by atoms with E-state index in [0.29, 0.717) is 19.3 Å². The lowest BCUT2D eigenvalue weighted by atomic mass is 10.2. The zero-order valence-corrected chi connectivity index (χ0v) is 13.9. The van der Waals surface area contributed by atoms with Crippen LogP contribution in [0.2, 0.25) is 0 Å². The summed E-state index contributed by atoms with van der Waals surface area (Å²) in [5.41, 5.74) is 1.25. The smallest absolute Gasteiger partial charge is 0.199 e. The molecule has 5 nitrogen and oxygen atoms in total. The van der Waals surface area contributed by atoms with Crippen molar-refractivity contribution in [3.05, 3.63) is 40.9 Å². The average Bonchev–Trinajstić information content (AvgIpc) is 3.28. The Kier molecular flexibility index (Phi) is 4.59. The number of nitrogens with zero attached hydrogens (tertiary/aromatic N) is 4. The highest BCUT2D eigenvalue weighted by molar-refractivity contribution is 7.71. The average molecular weight is 318 g/mol. The quantitative estimate of drug-likeness (QED) is 0.734. The predicted molar refractivity (Wildman–Crippen MR) is 88.4 cm³/mol. The Morgan fingerprint density at radius 1 is 1.32 bits per heavy atom. The van der Waals surface area contributed by atoms with Gasteiger partial charge < -0.3 is 9.30 Å². The third-order valence-corrected chi connectivity index (χ3v) is 4.18. The number of benzene rings is 1. The Morgan fingerprint density at radius 2 is 2.05 bits per heavy atom. The van der Waals surface area contributed by atoms with E-state index in [0.717, 1.165) is 17.1 Å². The lowest BCUT2D eigenvalue weighted by Gasteiger charge is -2.16. The van der Waals surface area contributed by atoms with Gasteiger partial charge in [-0.1, -0.05) is 12.1 Å². The Bertz CT molecular complexity index is 672. The third-order valence-electron chi connectivity index (χ3n) is 3.76. The van der Waals surface area contributed by atoms with E-state index in [9.17, 15) is 0 Å². The van der Waals surface area contributed by atoms with Gasteiger partial charge in [-0.05, 0) is 56.7 Å². The van der Waals surface area contributed by atoms with E-state index in [1.165, 1.54) is 18.4 Å². The zero-order valence-electron chi connectivity index (χ0n) is 13.1. The molecule has 0 unspecified atom stereocenters. The summed E-state index contributed by atoms with van der Waals surface area (Å²) >= 11 is 5.49. The second-order valence-electron chi connectivity index (χ2n) is 5.78. The van der Waals surface area contributed by atoms with E-state index in [-0.39, 0.29) is 0 Å². The molecule has 0 radical (unpaired) electrons. The monoisotopic (exact) mass is 318 g/mol. The van der Waals surface area contributed by atoms with Crippen LogP contribution in [0.4, 0.5) is 0 Å². The molecule has 1 aliphatic rings. The van der Waals surface area contributed by atoms with Gasteiger partial charge in [0.15, 0.2) is 4.77 Å². The maximum atomic E-state index is 5.49. The molecule has 0 N–H and O–H groups in total. The van der Waals surface area contributed by atoms with E-state index < -0.39 is 0 Å². The molecule has 6 heteroatoms. The molecule has 0 aliphatic heterocycles. The van der Waals surface area contributed by atoms with E-state index in [4.69, 9.17) is 17.0 Å². The summed E-state index contributed by atoms with van der Waals surface area (Å²) in [6.07, 6.45) is 4.31. The molecule has 3 rings (SSSR count). The van der Waals surface area contributed by atoms with Gasteiger partial charge in [0.2, 0.25) is 0 Å². The molecule has 1 aliphatic carbocycles. The van der Waals surface area contributed by atoms with Crippen LogP contribution in [0.1, 0.15) is 31.4 Å². The van der Waals surface area contributed by atoms with Crippen LogP contribution in [-0.2, 0) is 13.2 Å². The third kappa shape index (κ3) is 3.56. The fourth-order valence-corrected chi connectivity index (χ4v) is 2.80. The molecule has 1 heterocycles. The number of hydrogen-bond acceptors (Lipinski definition) is 4. The molecule has 118 valence electrons. The van der Waals surface area contributed by atoms with Crippen LogP contribution < -0.4 is 4.74 Å². The summed E-state index contributed by atoms with van der Waals surface area (Å²) < 4.78 is 10.3. The largest absolute Gasteiger partial charge is 0.494 e. The van der Waals surface area contributed by atoms with E-state index in [2.05, 4.69) is 33.7 Å². The topological polar surface area (TPSA) is 35.2 Å². The summed E-state index contributed by atoms with van der Waals surface area (Å²) in [6.45, 7) is 4.24. The van der Waals surface area contributed by atoms with E-state index in [1.807, 2.05) is 30.1 Å². The second kappa shape index (κ2) is 6.62. The van der Waals surface area contributed by atoms with Crippen molar-refractivity contribution in [3.63, 3.8) is 0 Å². The Balaban J connectivity index is 1.60. The molecule has 22 heavy (non-hydrogen) atoms. The van der Waals surface area contributed by atoms with Crippen molar-refractivity contribution in [1.29, 1.82) is 0 Å². The number of rotatable bonds is 7. The molecule has 1 aromatic heterocycles. The predicted octanol–water partition coefficient (Wildman–Crippen LogP) is 3.24. The van der Waals surface area contributed by atoms with Crippen LogP contribution in [0, 0.1) is 4.77 Å². The molecule has 1 saturated carbocycles. The Hall–Kier alpha value is -1.66. The van der Waals surface area contributed by atoms with Gasteiger partial charge in [0.05, 0.1) is 13.3 Å². The normalized spacial score (nSPS) is 14.5. The van der Waals surface area contributed by atoms with Gasteiger partial charge >= 0.3 is 0 Å². The number of hydrogen-bond donors (Lipinski definition) is 0. The number of ether oxygens (including phenoxy) is 1. The van der Waals surface area contributed by atoms with Crippen molar-refractivity contribution in [1.82, 2.24) is 19.2 Å². The van der Waals surface area contributed by atoms with Crippen molar-refractivity contribution < 1.29 is 4.74 Å². The lowest BCUT2D eigenvalue weighted by Crippen LogP contribution is -2.22. The second-order valence-corrected chi connectivity index (χ2v) is 6.15. The highest BCUT2D eigenvalue weighted by Gasteiger charge is 2.25. The van der Waals surface area contributed by atoms with Gasteiger partial charge in [0, 0.05) is 12.6 Å². The molecular weight excluding hydrogens is 296 g/mol. The molecule has 0 bridgehead atoms. The minimum absolute atomic E-state index is 0.581. The molecule has 0 saturated heterocycles. The van der Waals surface area contributed by atoms with Gasteiger partial charge in [0.1, 0.15) is 12.1 Å². The van der Waals surface area contributed by atoms with Crippen LogP contribution in [-0.4, -0.2) is 32.9 Å². The highest BCUT2D eigenvalue weighted by Crippen LogP contribution is 2.34. The summed E-state index contributed by atoms with van der Waals surface area (Å²) in [7, 11) is 2.08. The molecule has 0 spiro atoms. The van der Waals surface area contributed by atoms with Crippen LogP contribution in [0.5, 0.6) is 5.75 Å². The van der Waals surface area contributed by atoms with Gasteiger partial charge in [0.25, 0.3) is 0 Å². The van der Waals surface area contributed by atoms with Crippen LogP contribution in [0.3, 0.4) is 0 Å². The first-order chi connectivity index (χ1) is 10.7. The van der Waals surface area contributed by atoms with E-state index in [1.54, 1.807) is 0 Å². The lowest BCUT2D eigenvalue weighted by molar-refractivity contribution is 0.243.